The molecule has 0 spiro atoms. The van der Waals surface area contributed by atoms with Crippen LogP contribution in [0.4, 0.5) is 0 Å². The summed E-state index contributed by atoms with van der Waals surface area (Å²) in [4.78, 5) is 28.4. The highest BCUT2D eigenvalue weighted by molar-refractivity contribution is 8.06. The molecule has 1 fully saturated rings. The van der Waals surface area contributed by atoms with Gasteiger partial charge >= 0.3 is 5.97 Å². The molecule has 4 rings (SSSR count). The molecule has 0 unspecified atom stereocenters. The van der Waals surface area contributed by atoms with Gasteiger partial charge in [0.1, 0.15) is 0 Å². The Kier molecular flexibility index (Phi) is 3.80. The van der Waals surface area contributed by atoms with Crippen molar-refractivity contribution < 1.29 is 14.7 Å². The molecule has 4 nitrogen and oxygen atoms in total. The third-order valence-electron chi connectivity index (χ3n) is 6.05. The normalized spacial score (nSPS) is 34.5. The Morgan fingerprint density at radius 2 is 2.08 bits per heavy atom. The van der Waals surface area contributed by atoms with Crippen molar-refractivity contribution >= 4 is 23.6 Å². The van der Waals surface area contributed by atoms with E-state index in [4.69, 9.17) is 0 Å². The van der Waals surface area contributed by atoms with Crippen molar-refractivity contribution in [1.29, 1.82) is 0 Å². The Labute approximate surface area is 151 Å². The fraction of sp³-hybridized carbons (Fsp3) is 0.400. The molecule has 0 bridgehead atoms. The number of carbonyl (C=O) groups excluding carboxylic acids is 1. The van der Waals surface area contributed by atoms with E-state index in [1.54, 1.807) is 18.7 Å². The fourth-order valence-corrected chi connectivity index (χ4v) is 5.68. The summed E-state index contributed by atoms with van der Waals surface area (Å²) >= 11 is 1.59. The van der Waals surface area contributed by atoms with Gasteiger partial charge in [-0.2, -0.15) is 0 Å². The number of benzene rings is 1. The Balaban J connectivity index is 1.72. The number of fused-ring (bicyclic) bond motifs is 2. The highest BCUT2D eigenvalue weighted by atomic mass is 32.2. The van der Waals surface area contributed by atoms with Crippen molar-refractivity contribution in [1.82, 2.24) is 4.90 Å². The molecule has 25 heavy (non-hydrogen) atoms. The predicted octanol–water partition coefficient (Wildman–Crippen LogP) is 3.69. The van der Waals surface area contributed by atoms with Gasteiger partial charge in [-0.1, -0.05) is 42.5 Å². The molecule has 1 aromatic rings. The van der Waals surface area contributed by atoms with E-state index in [1.807, 2.05) is 53.6 Å². The van der Waals surface area contributed by atoms with E-state index in [9.17, 15) is 14.7 Å². The minimum atomic E-state index is -1.09. The number of rotatable bonds is 3. The van der Waals surface area contributed by atoms with E-state index in [0.717, 1.165) is 10.5 Å². The molecule has 1 saturated heterocycles. The first kappa shape index (κ1) is 16.5. The van der Waals surface area contributed by atoms with Gasteiger partial charge in [0.05, 0.1) is 17.4 Å². The number of thioether (sulfide) groups is 1. The number of amides is 1. The van der Waals surface area contributed by atoms with Crippen LogP contribution in [-0.4, -0.2) is 28.4 Å². The highest BCUT2D eigenvalue weighted by Crippen LogP contribution is 2.57. The zero-order valence-electron chi connectivity index (χ0n) is 14.3. The summed E-state index contributed by atoms with van der Waals surface area (Å²) in [5.74, 6) is -1.67. The lowest BCUT2D eigenvalue weighted by Gasteiger charge is -2.41. The van der Waals surface area contributed by atoms with E-state index in [2.05, 4.69) is 6.08 Å². The number of allylic oxidation sites excluding steroid dienone is 2. The van der Waals surface area contributed by atoms with Crippen LogP contribution in [-0.2, 0) is 9.59 Å². The molecular formula is C20H21NO3S. The summed E-state index contributed by atoms with van der Waals surface area (Å²) in [7, 11) is 0. The summed E-state index contributed by atoms with van der Waals surface area (Å²) in [6.07, 6.45) is 4.08. The molecule has 2 heterocycles. The van der Waals surface area contributed by atoms with Crippen LogP contribution in [0.2, 0.25) is 0 Å². The van der Waals surface area contributed by atoms with Gasteiger partial charge in [0.15, 0.2) is 0 Å². The van der Waals surface area contributed by atoms with Crippen LogP contribution < -0.4 is 0 Å². The van der Waals surface area contributed by atoms with Gasteiger partial charge in [0, 0.05) is 18.4 Å². The maximum atomic E-state index is 13.3. The van der Waals surface area contributed by atoms with Crippen LogP contribution in [0.25, 0.3) is 0 Å². The van der Waals surface area contributed by atoms with Crippen LogP contribution >= 0.6 is 11.8 Å². The number of likely N-dealkylation sites (tertiary alicyclic amines) is 1. The quantitative estimate of drug-likeness (QED) is 0.898. The highest BCUT2D eigenvalue weighted by Gasteiger charge is 2.61. The number of hydrogen-bond acceptors (Lipinski definition) is 3. The first-order valence-corrected chi connectivity index (χ1v) is 9.46. The average molecular weight is 355 g/mol. The summed E-state index contributed by atoms with van der Waals surface area (Å²) in [6.45, 7) is 4.35. The molecule has 2 aliphatic heterocycles. The second-order valence-corrected chi connectivity index (χ2v) is 8.28. The lowest BCUT2D eigenvalue weighted by atomic mass is 9.61. The second kappa shape index (κ2) is 5.77. The Morgan fingerprint density at radius 3 is 2.76 bits per heavy atom. The Bertz CT molecular complexity index is 787. The van der Waals surface area contributed by atoms with Gasteiger partial charge in [-0.3, -0.25) is 9.59 Å². The van der Waals surface area contributed by atoms with Crippen molar-refractivity contribution in [3.8, 4) is 0 Å². The van der Waals surface area contributed by atoms with E-state index >= 15 is 0 Å². The van der Waals surface area contributed by atoms with Crippen LogP contribution in [0.1, 0.15) is 25.5 Å². The van der Waals surface area contributed by atoms with Crippen LogP contribution in [0.3, 0.4) is 0 Å². The van der Waals surface area contributed by atoms with Crippen molar-refractivity contribution in [2.75, 3.05) is 6.54 Å². The molecule has 0 saturated carbocycles. The van der Waals surface area contributed by atoms with Crippen molar-refractivity contribution in [2.24, 2.45) is 23.2 Å². The largest absolute Gasteiger partial charge is 0.481 e. The molecule has 1 amide bonds. The number of carboxylic acid groups (broad SMARTS) is 1. The van der Waals surface area contributed by atoms with Gasteiger partial charge in [-0.15, -0.1) is 11.8 Å². The minimum Gasteiger partial charge on any atom is -0.481 e. The van der Waals surface area contributed by atoms with E-state index < -0.39 is 17.3 Å². The maximum Gasteiger partial charge on any atom is 0.311 e. The summed E-state index contributed by atoms with van der Waals surface area (Å²) in [6, 6.07) is 9.87. The minimum absolute atomic E-state index is 0.0353. The third kappa shape index (κ3) is 2.29. The molecule has 1 aromatic carbocycles. The number of carboxylic acids is 1. The molecule has 0 aromatic heterocycles. The van der Waals surface area contributed by atoms with E-state index in [1.165, 1.54) is 0 Å². The third-order valence-corrected chi connectivity index (χ3v) is 7.00. The summed E-state index contributed by atoms with van der Waals surface area (Å²) < 4.78 is 0. The Hall–Kier alpha value is -2.01. The summed E-state index contributed by atoms with van der Waals surface area (Å²) in [5, 5.41) is 12.0. The van der Waals surface area contributed by atoms with Gasteiger partial charge in [-0.25, -0.2) is 0 Å². The van der Waals surface area contributed by atoms with Gasteiger partial charge < -0.3 is 10.0 Å². The average Bonchev–Trinajstić information content (AvgIpc) is 3.20. The van der Waals surface area contributed by atoms with Gasteiger partial charge in [-0.05, 0) is 29.7 Å². The predicted molar refractivity (Wildman–Crippen MR) is 97.6 cm³/mol. The Morgan fingerprint density at radius 1 is 1.36 bits per heavy atom. The maximum absolute atomic E-state index is 13.3. The lowest BCUT2D eigenvalue weighted by molar-refractivity contribution is -0.159. The SMILES string of the molecule is C[C@@H](c1ccccc1)N1C[C@H]2C=C3SC=C[C@H]3[C@](C)(C(=O)O)[C@@H]2C1=O. The van der Waals surface area contributed by atoms with Crippen LogP contribution in [0, 0.1) is 23.2 Å². The monoisotopic (exact) mass is 355 g/mol. The smallest absolute Gasteiger partial charge is 0.311 e. The molecule has 1 aliphatic carbocycles. The van der Waals surface area contributed by atoms with Gasteiger partial charge in [0.25, 0.3) is 0 Å². The topological polar surface area (TPSA) is 57.6 Å². The van der Waals surface area contributed by atoms with E-state index in [-0.39, 0.29) is 23.8 Å². The molecule has 0 radical (unpaired) electrons. The second-order valence-electron chi connectivity index (χ2n) is 7.30. The standard InChI is InChI=1S/C20H21NO3S/c1-12(13-6-4-3-5-7-13)21-11-14-10-16-15(8-9-25-16)20(2,19(23)24)17(14)18(21)22/h3-10,12,14-15,17H,11H2,1-2H3,(H,23,24)/t12-,14+,15+,17-,20-/m0/s1. The molecule has 1 N–H and O–H groups in total. The van der Waals surface area contributed by atoms with Crippen LogP contribution in [0.5, 0.6) is 0 Å². The van der Waals surface area contributed by atoms with Crippen molar-refractivity contribution in [3.63, 3.8) is 0 Å². The van der Waals surface area contributed by atoms with Crippen LogP contribution in [0.15, 0.2) is 52.8 Å². The molecule has 3 aliphatic rings. The van der Waals surface area contributed by atoms with Crippen molar-refractivity contribution in [2.45, 2.75) is 19.9 Å². The zero-order chi connectivity index (χ0) is 17.8. The van der Waals surface area contributed by atoms with Crippen molar-refractivity contribution in [3.05, 3.63) is 58.4 Å². The number of carbonyl (C=O) groups is 2. The lowest BCUT2D eigenvalue weighted by Crippen LogP contribution is -2.49. The first-order valence-electron chi connectivity index (χ1n) is 8.58. The molecular weight excluding hydrogens is 334 g/mol. The number of nitrogens with zero attached hydrogens (tertiary/aromatic N) is 1. The summed E-state index contributed by atoms with van der Waals surface area (Å²) in [5.41, 5.74) is -0.00887. The number of aliphatic carboxylic acids is 1. The first-order chi connectivity index (χ1) is 11.9. The zero-order valence-corrected chi connectivity index (χ0v) is 15.1. The molecule has 5 heteroatoms. The molecule has 130 valence electrons. The number of hydrogen-bond donors (Lipinski definition) is 1. The van der Waals surface area contributed by atoms with E-state index in [0.29, 0.717) is 6.54 Å². The molecule has 5 atom stereocenters. The fourth-order valence-electron chi connectivity index (χ4n) is 4.57. The van der Waals surface area contributed by atoms with Gasteiger partial charge in [0.2, 0.25) is 5.91 Å².